The summed E-state index contributed by atoms with van der Waals surface area (Å²) in [5.41, 5.74) is 0.132. The van der Waals surface area contributed by atoms with Gasteiger partial charge >= 0.3 is 5.97 Å². The highest BCUT2D eigenvalue weighted by Gasteiger charge is 2.15. The van der Waals surface area contributed by atoms with E-state index in [1.54, 1.807) is 0 Å². The molecular formula is C16H19N5O3. The molecule has 1 aliphatic rings. The van der Waals surface area contributed by atoms with Gasteiger partial charge in [0, 0.05) is 32.1 Å². The number of hydrogen-bond acceptors (Lipinski definition) is 5. The van der Waals surface area contributed by atoms with Gasteiger partial charge in [-0.2, -0.15) is 0 Å². The van der Waals surface area contributed by atoms with Crippen LogP contribution in [0.2, 0.25) is 0 Å². The van der Waals surface area contributed by atoms with Crippen molar-refractivity contribution >= 4 is 11.9 Å². The molecule has 1 amide bonds. The highest BCUT2D eigenvalue weighted by molar-refractivity contribution is 5.95. The van der Waals surface area contributed by atoms with E-state index < -0.39 is 11.9 Å². The molecule has 2 aromatic heterocycles. The topological polar surface area (TPSA) is 110 Å². The number of rotatable bonds is 5. The van der Waals surface area contributed by atoms with E-state index in [9.17, 15) is 9.59 Å². The van der Waals surface area contributed by atoms with Crippen LogP contribution in [-0.2, 0) is 19.4 Å². The molecule has 24 heavy (non-hydrogen) atoms. The maximum atomic E-state index is 12.1. The molecule has 0 aliphatic carbocycles. The van der Waals surface area contributed by atoms with Crippen LogP contribution in [0.5, 0.6) is 0 Å². The largest absolute Gasteiger partial charge is 0.478 e. The van der Waals surface area contributed by atoms with E-state index in [1.165, 1.54) is 24.8 Å². The number of aromatic carboxylic acids is 1. The number of aryl methyl sites for hydroxylation is 1. The van der Waals surface area contributed by atoms with E-state index in [-0.39, 0.29) is 11.3 Å². The zero-order valence-corrected chi connectivity index (χ0v) is 13.2. The van der Waals surface area contributed by atoms with Crippen LogP contribution >= 0.6 is 0 Å². The Morgan fingerprint density at radius 3 is 2.96 bits per heavy atom. The average molecular weight is 329 g/mol. The smallest absolute Gasteiger partial charge is 0.335 e. The minimum Gasteiger partial charge on any atom is -0.478 e. The first-order valence-electron chi connectivity index (χ1n) is 8.03. The van der Waals surface area contributed by atoms with Crippen LogP contribution in [0, 0.1) is 0 Å². The highest BCUT2D eigenvalue weighted by atomic mass is 16.4. The predicted molar refractivity (Wildman–Crippen MR) is 84.8 cm³/mol. The first kappa shape index (κ1) is 16.1. The van der Waals surface area contributed by atoms with Gasteiger partial charge in [-0.3, -0.25) is 9.78 Å². The minimum absolute atomic E-state index is 0.0397. The molecule has 0 unspecified atom stereocenters. The molecule has 2 aromatic rings. The molecule has 3 heterocycles. The summed E-state index contributed by atoms with van der Waals surface area (Å²) in [5, 5.41) is 20.1. The molecule has 0 saturated heterocycles. The molecule has 126 valence electrons. The fourth-order valence-corrected chi connectivity index (χ4v) is 2.80. The van der Waals surface area contributed by atoms with Crippen LogP contribution in [0.1, 0.15) is 51.8 Å². The number of aromatic nitrogens is 4. The maximum absolute atomic E-state index is 12.1. The fourth-order valence-electron chi connectivity index (χ4n) is 2.80. The predicted octanol–water partition coefficient (Wildman–Crippen LogP) is 1.07. The Morgan fingerprint density at radius 1 is 1.25 bits per heavy atom. The number of carbonyl (C=O) groups is 2. The molecule has 0 aromatic carbocycles. The van der Waals surface area contributed by atoms with Crippen molar-refractivity contribution in [3.05, 3.63) is 41.2 Å². The first-order chi connectivity index (χ1) is 11.6. The number of nitrogens with one attached hydrogen (secondary N) is 1. The summed E-state index contributed by atoms with van der Waals surface area (Å²) in [4.78, 5) is 26.9. The van der Waals surface area contributed by atoms with E-state index in [4.69, 9.17) is 5.11 Å². The van der Waals surface area contributed by atoms with Crippen molar-refractivity contribution in [2.45, 2.75) is 38.6 Å². The van der Waals surface area contributed by atoms with Gasteiger partial charge < -0.3 is 15.0 Å². The molecule has 8 nitrogen and oxygen atoms in total. The monoisotopic (exact) mass is 329 g/mol. The summed E-state index contributed by atoms with van der Waals surface area (Å²) in [5.74, 6) is 0.412. The van der Waals surface area contributed by atoms with Gasteiger partial charge in [0.15, 0.2) is 0 Å². The Kier molecular flexibility index (Phi) is 4.83. The summed E-state index contributed by atoms with van der Waals surface area (Å²) in [6, 6.07) is 2.62. The Hall–Kier alpha value is -2.77. The Bertz CT molecular complexity index is 756. The van der Waals surface area contributed by atoms with Gasteiger partial charge in [-0.05, 0) is 25.0 Å². The lowest BCUT2D eigenvalue weighted by Gasteiger charge is -2.08. The molecule has 0 bridgehead atoms. The Morgan fingerprint density at radius 2 is 2.12 bits per heavy atom. The summed E-state index contributed by atoms with van der Waals surface area (Å²) < 4.78 is 2.14. The van der Waals surface area contributed by atoms with Crippen molar-refractivity contribution in [1.82, 2.24) is 25.1 Å². The van der Waals surface area contributed by atoms with Gasteiger partial charge in [0.05, 0.1) is 5.56 Å². The Labute approximate surface area is 138 Å². The van der Waals surface area contributed by atoms with E-state index in [0.717, 1.165) is 37.5 Å². The molecule has 3 rings (SSSR count). The number of hydrogen-bond donors (Lipinski definition) is 2. The summed E-state index contributed by atoms with van der Waals surface area (Å²) >= 11 is 0. The van der Waals surface area contributed by atoms with Crippen molar-refractivity contribution in [3.8, 4) is 0 Å². The van der Waals surface area contributed by atoms with Crippen LogP contribution in [0.3, 0.4) is 0 Å². The fraction of sp³-hybridized carbons (Fsp3) is 0.438. The van der Waals surface area contributed by atoms with E-state index >= 15 is 0 Å². The molecule has 1 aliphatic heterocycles. The molecule has 0 spiro atoms. The highest BCUT2D eigenvalue weighted by Crippen LogP contribution is 2.14. The number of nitrogens with zero attached hydrogens (tertiary/aromatic N) is 4. The summed E-state index contributed by atoms with van der Waals surface area (Å²) in [6.07, 6.45) is 6.31. The van der Waals surface area contributed by atoms with Gasteiger partial charge in [-0.1, -0.05) is 6.42 Å². The van der Waals surface area contributed by atoms with E-state index in [0.29, 0.717) is 13.0 Å². The van der Waals surface area contributed by atoms with E-state index in [1.807, 2.05) is 0 Å². The number of amides is 1. The standard InChI is InChI=1S/C16H19N5O3/c22-15(12-10-11(16(23)24)5-7-17-12)18-8-6-14-20-19-13-4-2-1-3-9-21(13)14/h5,7,10H,1-4,6,8-9H2,(H,18,22)(H,23,24). The minimum atomic E-state index is -1.09. The van der Waals surface area contributed by atoms with Crippen molar-refractivity contribution in [2.24, 2.45) is 0 Å². The number of fused-ring (bicyclic) bond motifs is 1. The normalized spacial score (nSPS) is 13.8. The van der Waals surface area contributed by atoms with Gasteiger partial charge in [-0.25, -0.2) is 4.79 Å². The van der Waals surface area contributed by atoms with Crippen LogP contribution in [-0.4, -0.2) is 43.3 Å². The molecule has 0 fully saturated rings. The zero-order valence-electron chi connectivity index (χ0n) is 13.2. The summed E-state index contributed by atoms with van der Waals surface area (Å²) in [7, 11) is 0. The second kappa shape index (κ2) is 7.20. The van der Waals surface area contributed by atoms with Crippen molar-refractivity contribution in [1.29, 1.82) is 0 Å². The van der Waals surface area contributed by atoms with Gasteiger partial charge in [0.1, 0.15) is 17.3 Å². The van der Waals surface area contributed by atoms with Gasteiger partial charge in [-0.15, -0.1) is 10.2 Å². The second-order valence-corrected chi connectivity index (χ2v) is 5.74. The zero-order chi connectivity index (χ0) is 16.9. The maximum Gasteiger partial charge on any atom is 0.335 e. The SMILES string of the molecule is O=C(O)c1ccnc(C(=O)NCCc2nnc3n2CCCCC3)c1. The van der Waals surface area contributed by atoms with Crippen molar-refractivity contribution in [2.75, 3.05) is 6.54 Å². The third-order valence-corrected chi connectivity index (χ3v) is 4.06. The van der Waals surface area contributed by atoms with Crippen LogP contribution < -0.4 is 5.32 Å². The number of pyridine rings is 1. The number of carboxylic acids is 1. The van der Waals surface area contributed by atoms with E-state index in [2.05, 4.69) is 25.1 Å². The molecular weight excluding hydrogens is 310 g/mol. The van der Waals surface area contributed by atoms with Gasteiger partial charge in [0.25, 0.3) is 5.91 Å². The van der Waals surface area contributed by atoms with Crippen molar-refractivity contribution in [3.63, 3.8) is 0 Å². The molecule has 2 N–H and O–H groups in total. The lowest BCUT2D eigenvalue weighted by atomic mass is 10.2. The third-order valence-electron chi connectivity index (χ3n) is 4.06. The Balaban J connectivity index is 1.59. The summed E-state index contributed by atoms with van der Waals surface area (Å²) in [6.45, 7) is 1.32. The second-order valence-electron chi connectivity index (χ2n) is 5.74. The van der Waals surface area contributed by atoms with Crippen molar-refractivity contribution < 1.29 is 14.7 Å². The lowest BCUT2D eigenvalue weighted by molar-refractivity contribution is 0.0696. The van der Waals surface area contributed by atoms with Gasteiger partial charge in [0.2, 0.25) is 0 Å². The quantitative estimate of drug-likeness (QED) is 0.849. The third kappa shape index (κ3) is 3.58. The van der Waals surface area contributed by atoms with Crippen LogP contribution in [0.4, 0.5) is 0 Å². The van der Waals surface area contributed by atoms with Crippen LogP contribution in [0.15, 0.2) is 18.3 Å². The lowest BCUT2D eigenvalue weighted by Crippen LogP contribution is -2.27. The first-order valence-corrected chi connectivity index (χ1v) is 8.03. The molecule has 8 heteroatoms. The molecule has 0 saturated carbocycles. The average Bonchev–Trinajstić information content (AvgIpc) is 2.81. The molecule has 0 atom stereocenters. The number of carbonyl (C=O) groups excluding carboxylic acids is 1. The molecule has 0 radical (unpaired) electrons. The number of carboxylic acid groups (broad SMARTS) is 1. The van der Waals surface area contributed by atoms with Crippen LogP contribution in [0.25, 0.3) is 0 Å².